The van der Waals surface area contributed by atoms with Crippen LogP contribution in [-0.2, 0) is 19.6 Å². The Kier molecular flexibility index (Phi) is 6.78. The molecule has 174 valence electrons. The second-order valence-corrected chi connectivity index (χ2v) is 12.0. The molecule has 0 amide bonds. The molecule has 1 N–H and O–H groups in total. The van der Waals surface area contributed by atoms with E-state index in [-0.39, 0.29) is 18.0 Å². The summed E-state index contributed by atoms with van der Waals surface area (Å²) >= 11 is 6.20. The molecular formula is C24H30ClNO5S. The Morgan fingerprint density at radius 1 is 1.19 bits per heavy atom. The number of hydrogen-bond donors (Lipinski definition) is 1. The number of aryl methyl sites for hydroxylation is 1. The molecule has 8 heteroatoms. The Hall–Kier alpha value is -1.93. The van der Waals surface area contributed by atoms with E-state index in [9.17, 15) is 18.3 Å². The van der Waals surface area contributed by atoms with Gasteiger partial charge in [0, 0.05) is 24.0 Å². The van der Waals surface area contributed by atoms with E-state index in [1.807, 2.05) is 6.92 Å². The van der Waals surface area contributed by atoms with E-state index in [1.165, 1.54) is 11.2 Å². The largest absolute Gasteiger partial charge is 0.460 e. The van der Waals surface area contributed by atoms with E-state index in [1.54, 1.807) is 69.3 Å². The van der Waals surface area contributed by atoms with Crippen molar-refractivity contribution >= 4 is 27.6 Å². The fourth-order valence-corrected chi connectivity index (χ4v) is 5.90. The number of nitrogens with zero attached hydrogens (tertiary/aromatic N) is 1. The Bertz CT molecular complexity index is 1090. The molecule has 0 aliphatic carbocycles. The number of esters is 1. The van der Waals surface area contributed by atoms with Gasteiger partial charge < -0.3 is 9.84 Å². The molecule has 0 saturated carbocycles. The van der Waals surface area contributed by atoms with Gasteiger partial charge in [0.1, 0.15) is 5.60 Å². The summed E-state index contributed by atoms with van der Waals surface area (Å²) in [4.78, 5) is 13.3. The molecule has 0 spiro atoms. The van der Waals surface area contributed by atoms with Crippen LogP contribution >= 0.6 is 11.6 Å². The first-order chi connectivity index (χ1) is 14.7. The molecule has 32 heavy (non-hydrogen) atoms. The van der Waals surface area contributed by atoms with Crippen molar-refractivity contribution in [3.05, 3.63) is 64.7 Å². The summed E-state index contributed by atoms with van der Waals surface area (Å²) in [6.45, 7) is 8.40. The molecule has 1 aliphatic heterocycles. The van der Waals surface area contributed by atoms with Crippen LogP contribution in [0.25, 0.3) is 0 Å². The molecule has 0 aromatic heterocycles. The van der Waals surface area contributed by atoms with E-state index >= 15 is 0 Å². The summed E-state index contributed by atoms with van der Waals surface area (Å²) in [5.74, 6) is -2.18. The van der Waals surface area contributed by atoms with Gasteiger partial charge in [-0.3, -0.25) is 4.79 Å². The van der Waals surface area contributed by atoms with E-state index in [4.69, 9.17) is 16.3 Å². The summed E-state index contributed by atoms with van der Waals surface area (Å²) < 4.78 is 33.7. The summed E-state index contributed by atoms with van der Waals surface area (Å²) in [6.07, 6.45) is 0. The standard InChI is InChI=1S/C24H30ClNO5S/c1-16-9-11-19(12-10-16)32(29,30)26-14-20(17-7-6-8-18(25)13-17)21(24(5,28)15-26)22(27)31-23(2,3)4/h6-13,20-21,28H,14-15H2,1-5H3/t20-,21+,24-/m1/s1. The van der Waals surface area contributed by atoms with Crippen LogP contribution in [0.15, 0.2) is 53.4 Å². The number of β-amino-alcohol motifs (C(OH)–C–C–N with tert-alkyl or cyclic N) is 1. The van der Waals surface area contributed by atoms with Crippen molar-refractivity contribution < 1.29 is 23.1 Å². The van der Waals surface area contributed by atoms with Crippen LogP contribution in [0.4, 0.5) is 0 Å². The normalized spacial score (nSPS) is 24.8. The lowest BCUT2D eigenvalue weighted by Gasteiger charge is -2.46. The van der Waals surface area contributed by atoms with Crippen molar-refractivity contribution in [1.82, 2.24) is 4.31 Å². The van der Waals surface area contributed by atoms with Crippen molar-refractivity contribution in [2.24, 2.45) is 5.92 Å². The zero-order valence-electron chi connectivity index (χ0n) is 19.0. The molecule has 2 aromatic rings. The van der Waals surface area contributed by atoms with Gasteiger partial charge in [0.15, 0.2) is 0 Å². The topological polar surface area (TPSA) is 83.9 Å². The van der Waals surface area contributed by atoms with E-state index in [2.05, 4.69) is 0 Å². The van der Waals surface area contributed by atoms with Crippen LogP contribution in [-0.4, -0.2) is 48.1 Å². The van der Waals surface area contributed by atoms with Gasteiger partial charge in [0.2, 0.25) is 10.0 Å². The monoisotopic (exact) mass is 479 g/mol. The third-order valence-electron chi connectivity index (χ3n) is 5.57. The molecular weight excluding hydrogens is 450 g/mol. The summed E-state index contributed by atoms with van der Waals surface area (Å²) in [6, 6.07) is 13.5. The highest BCUT2D eigenvalue weighted by molar-refractivity contribution is 7.89. The number of sulfonamides is 1. The van der Waals surface area contributed by atoms with Crippen LogP contribution in [0.5, 0.6) is 0 Å². The average Bonchev–Trinajstić information content (AvgIpc) is 2.65. The predicted molar refractivity (Wildman–Crippen MR) is 124 cm³/mol. The molecule has 1 aliphatic rings. The second-order valence-electron chi connectivity index (χ2n) is 9.64. The molecule has 6 nitrogen and oxygen atoms in total. The number of carbonyl (C=O) groups excluding carboxylic acids is 1. The Morgan fingerprint density at radius 2 is 1.81 bits per heavy atom. The third kappa shape index (κ3) is 5.34. The lowest BCUT2D eigenvalue weighted by Crippen LogP contribution is -2.59. The highest BCUT2D eigenvalue weighted by atomic mass is 35.5. The van der Waals surface area contributed by atoms with Crippen LogP contribution in [0, 0.1) is 12.8 Å². The third-order valence-corrected chi connectivity index (χ3v) is 7.63. The highest BCUT2D eigenvalue weighted by Crippen LogP contribution is 2.42. The lowest BCUT2D eigenvalue weighted by atomic mass is 9.73. The second kappa shape index (κ2) is 8.78. The number of halogens is 1. The molecule has 1 fully saturated rings. The minimum atomic E-state index is -3.90. The summed E-state index contributed by atoms with van der Waals surface area (Å²) in [5.41, 5.74) is -0.809. The van der Waals surface area contributed by atoms with Gasteiger partial charge in [0.05, 0.1) is 16.4 Å². The van der Waals surface area contributed by atoms with Crippen LogP contribution in [0.1, 0.15) is 44.7 Å². The van der Waals surface area contributed by atoms with Gasteiger partial charge in [-0.1, -0.05) is 41.4 Å². The fraction of sp³-hybridized carbons (Fsp3) is 0.458. The zero-order valence-corrected chi connectivity index (χ0v) is 20.6. The summed E-state index contributed by atoms with van der Waals surface area (Å²) in [5, 5.41) is 11.8. The molecule has 1 saturated heterocycles. The number of ether oxygens (including phenoxy) is 1. The van der Waals surface area contributed by atoms with Crippen LogP contribution in [0.3, 0.4) is 0 Å². The van der Waals surface area contributed by atoms with Gasteiger partial charge in [0.25, 0.3) is 0 Å². The van der Waals surface area contributed by atoms with E-state index in [0.717, 1.165) is 5.56 Å². The van der Waals surface area contributed by atoms with Gasteiger partial charge in [-0.15, -0.1) is 0 Å². The highest BCUT2D eigenvalue weighted by Gasteiger charge is 2.52. The molecule has 2 aromatic carbocycles. The summed E-state index contributed by atoms with van der Waals surface area (Å²) in [7, 11) is -3.90. The number of hydrogen-bond acceptors (Lipinski definition) is 5. The molecule has 0 unspecified atom stereocenters. The van der Waals surface area contributed by atoms with Gasteiger partial charge >= 0.3 is 5.97 Å². The zero-order chi connectivity index (χ0) is 23.9. The van der Waals surface area contributed by atoms with E-state index < -0.39 is 39.0 Å². The Balaban J connectivity index is 2.06. The smallest absolute Gasteiger partial charge is 0.313 e. The maximum absolute atomic E-state index is 13.4. The van der Waals surface area contributed by atoms with Crippen molar-refractivity contribution in [1.29, 1.82) is 0 Å². The quantitative estimate of drug-likeness (QED) is 0.666. The van der Waals surface area contributed by atoms with Crippen molar-refractivity contribution in [3.63, 3.8) is 0 Å². The van der Waals surface area contributed by atoms with Gasteiger partial charge in [-0.25, -0.2) is 8.42 Å². The number of benzene rings is 2. The number of aliphatic hydroxyl groups is 1. The van der Waals surface area contributed by atoms with Crippen molar-refractivity contribution in [3.8, 4) is 0 Å². The number of piperidine rings is 1. The van der Waals surface area contributed by atoms with Crippen molar-refractivity contribution in [2.75, 3.05) is 13.1 Å². The van der Waals surface area contributed by atoms with E-state index in [0.29, 0.717) is 10.6 Å². The van der Waals surface area contributed by atoms with Gasteiger partial charge in [-0.2, -0.15) is 4.31 Å². The molecule has 1 heterocycles. The first kappa shape index (κ1) is 24.7. The lowest BCUT2D eigenvalue weighted by molar-refractivity contribution is -0.174. The Labute approximate surface area is 195 Å². The first-order valence-electron chi connectivity index (χ1n) is 10.5. The minimum Gasteiger partial charge on any atom is -0.460 e. The van der Waals surface area contributed by atoms with Crippen molar-refractivity contribution in [2.45, 2.75) is 56.6 Å². The predicted octanol–water partition coefficient (Wildman–Crippen LogP) is 4.15. The maximum Gasteiger partial charge on any atom is 0.313 e. The molecule has 3 rings (SSSR count). The average molecular weight is 480 g/mol. The number of carbonyl (C=O) groups is 1. The molecule has 0 radical (unpaired) electrons. The fourth-order valence-electron chi connectivity index (χ4n) is 4.14. The molecule has 0 bridgehead atoms. The first-order valence-corrected chi connectivity index (χ1v) is 12.3. The van der Waals surface area contributed by atoms with Crippen LogP contribution in [0.2, 0.25) is 5.02 Å². The number of rotatable bonds is 4. The molecule has 3 atom stereocenters. The minimum absolute atomic E-state index is 0.0105. The maximum atomic E-state index is 13.4. The Morgan fingerprint density at radius 3 is 2.38 bits per heavy atom. The van der Waals surface area contributed by atoms with Crippen LogP contribution < -0.4 is 0 Å². The van der Waals surface area contributed by atoms with Gasteiger partial charge in [-0.05, 0) is 64.4 Å². The SMILES string of the molecule is Cc1ccc(S(=O)(=O)N2C[C@H](c3cccc(Cl)c3)[C@@H](C(=O)OC(C)(C)C)[C@](C)(O)C2)cc1.